The molecule has 2 heteroatoms. The molecule has 2 rings (SSSR count). The summed E-state index contributed by atoms with van der Waals surface area (Å²) in [4.78, 5) is 0. The Balaban J connectivity index is 2.17. The average Bonchev–Trinajstić information content (AvgIpc) is 2.53. The maximum absolute atomic E-state index is 6.26. The van der Waals surface area contributed by atoms with Crippen molar-refractivity contribution < 1.29 is 0 Å². The number of aryl methyl sites for hydroxylation is 1. The zero-order chi connectivity index (χ0) is 15.1. The molecule has 0 spiro atoms. The molecular formula is C19H24ClN. The van der Waals surface area contributed by atoms with Gasteiger partial charge in [-0.3, -0.25) is 0 Å². The third kappa shape index (κ3) is 4.59. The maximum atomic E-state index is 6.26. The van der Waals surface area contributed by atoms with E-state index in [1.165, 1.54) is 36.0 Å². The Labute approximate surface area is 133 Å². The van der Waals surface area contributed by atoms with E-state index in [1.54, 1.807) is 0 Å². The molecule has 1 N–H and O–H groups in total. The van der Waals surface area contributed by atoms with Gasteiger partial charge in [0.05, 0.1) is 0 Å². The molecule has 0 unspecified atom stereocenters. The molecule has 21 heavy (non-hydrogen) atoms. The number of unbranched alkanes of at least 4 members (excludes halogenated alkanes) is 1. The van der Waals surface area contributed by atoms with E-state index in [2.05, 4.69) is 55.6 Å². The van der Waals surface area contributed by atoms with E-state index in [4.69, 9.17) is 11.6 Å². The normalized spacial score (nSPS) is 10.8. The van der Waals surface area contributed by atoms with Crippen LogP contribution in [0.2, 0.25) is 5.02 Å². The minimum atomic E-state index is 0.817. The molecule has 0 radical (unpaired) electrons. The summed E-state index contributed by atoms with van der Waals surface area (Å²) in [5.74, 6) is 0. The van der Waals surface area contributed by atoms with Gasteiger partial charge in [-0.25, -0.2) is 0 Å². The fourth-order valence-electron chi connectivity index (χ4n) is 2.39. The fourth-order valence-corrected chi connectivity index (χ4v) is 2.58. The largest absolute Gasteiger partial charge is 0.313 e. The van der Waals surface area contributed by atoms with Gasteiger partial charge in [-0.15, -0.1) is 0 Å². The zero-order valence-electron chi connectivity index (χ0n) is 13.0. The van der Waals surface area contributed by atoms with Crippen molar-refractivity contribution in [3.63, 3.8) is 0 Å². The lowest BCUT2D eigenvalue weighted by atomic mass is 10.00. The SMILES string of the molecule is CCCCc1ccc(-c2ccc(Cl)c(CNCC)c2)cc1. The van der Waals surface area contributed by atoms with Crippen LogP contribution in [0.5, 0.6) is 0 Å². The van der Waals surface area contributed by atoms with Gasteiger partial charge >= 0.3 is 0 Å². The maximum Gasteiger partial charge on any atom is 0.0451 e. The van der Waals surface area contributed by atoms with Crippen molar-refractivity contribution in [2.45, 2.75) is 39.7 Å². The van der Waals surface area contributed by atoms with E-state index in [0.717, 1.165) is 23.7 Å². The molecule has 0 heterocycles. The molecule has 0 amide bonds. The summed E-state index contributed by atoms with van der Waals surface area (Å²) in [5.41, 5.74) is 5.06. The van der Waals surface area contributed by atoms with Crippen molar-refractivity contribution in [2.24, 2.45) is 0 Å². The van der Waals surface area contributed by atoms with Gasteiger partial charge < -0.3 is 5.32 Å². The molecule has 2 aromatic rings. The molecule has 0 saturated carbocycles. The summed E-state index contributed by atoms with van der Waals surface area (Å²) in [6.07, 6.45) is 3.67. The molecule has 0 aromatic heterocycles. The Bertz CT molecular complexity index is 560. The van der Waals surface area contributed by atoms with Crippen LogP contribution in [0.4, 0.5) is 0 Å². The average molecular weight is 302 g/mol. The van der Waals surface area contributed by atoms with Crippen LogP contribution in [0.1, 0.15) is 37.8 Å². The second-order valence-corrected chi connectivity index (χ2v) is 5.79. The van der Waals surface area contributed by atoms with E-state index in [9.17, 15) is 0 Å². The number of hydrogen-bond acceptors (Lipinski definition) is 1. The molecule has 0 aliphatic carbocycles. The van der Waals surface area contributed by atoms with E-state index in [1.807, 2.05) is 6.07 Å². The number of rotatable bonds is 7. The fraction of sp³-hybridized carbons (Fsp3) is 0.368. The summed E-state index contributed by atoms with van der Waals surface area (Å²) in [5, 5.41) is 4.16. The third-order valence-electron chi connectivity index (χ3n) is 3.72. The van der Waals surface area contributed by atoms with Gasteiger partial charge in [0.1, 0.15) is 0 Å². The van der Waals surface area contributed by atoms with E-state index in [-0.39, 0.29) is 0 Å². The first-order valence-corrected chi connectivity index (χ1v) is 8.20. The predicted molar refractivity (Wildman–Crippen MR) is 92.9 cm³/mol. The lowest BCUT2D eigenvalue weighted by Gasteiger charge is -2.09. The molecule has 0 bridgehead atoms. The Kier molecular flexibility index (Phi) is 6.28. The third-order valence-corrected chi connectivity index (χ3v) is 4.09. The van der Waals surface area contributed by atoms with Crippen LogP contribution in [0, 0.1) is 0 Å². The second kappa shape index (κ2) is 8.21. The van der Waals surface area contributed by atoms with Crippen LogP contribution < -0.4 is 5.32 Å². The van der Waals surface area contributed by atoms with Crippen LogP contribution in [0.25, 0.3) is 11.1 Å². The first kappa shape index (κ1) is 16.1. The number of nitrogens with one attached hydrogen (secondary N) is 1. The minimum Gasteiger partial charge on any atom is -0.313 e. The molecule has 0 aliphatic rings. The molecule has 0 saturated heterocycles. The Morgan fingerprint density at radius 3 is 2.33 bits per heavy atom. The Morgan fingerprint density at radius 2 is 1.67 bits per heavy atom. The smallest absolute Gasteiger partial charge is 0.0451 e. The molecule has 0 atom stereocenters. The van der Waals surface area contributed by atoms with Crippen molar-refractivity contribution >= 4 is 11.6 Å². The van der Waals surface area contributed by atoms with Gasteiger partial charge in [0.15, 0.2) is 0 Å². The van der Waals surface area contributed by atoms with Gasteiger partial charge in [0.25, 0.3) is 0 Å². The lowest BCUT2D eigenvalue weighted by molar-refractivity contribution is 0.727. The molecule has 0 fully saturated rings. The summed E-state index contributed by atoms with van der Waals surface area (Å²) in [6, 6.07) is 15.2. The molecule has 0 aliphatic heterocycles. The molecule has 2 aromatic carbocycles. The highest BCUT2D eigenvalue weighted by Gasteiger charge is 2.04. The van der Waals surface area contributed by atoms with E-state index < -0.39 is 0 Å². The highest BCUT2D eigenvalue weighted by molar-refractivity contribution is 6.31. The van der Waals surface area contributed by atoms with Crippen LogP contribution >= 0.6 is 11.6 Å². The standard InChI is InChI=1S/C19H24ClN/c1-3-5-6-15-7-9-16(10-8-15)17-11-12-19(20)18(13-17)14-21-4-2/h7-13,21H,3-6,14H2,1-2H3. The van der Waals surface area contributed by atoms with Gasteiger partial charge in [0.2, 0.25) is 0 Å². The summed E-state index contributed by atoms with van der Waals surface area (Å²) in [6.45, 7) is 6.10. The van der Waals surface area contributed by atoms with Crippen LogP contribution in [-0.2, 0) is 13.0 Å². The summed E-state index contributed by atoms with van der Waals surface area (Å²) >= 11 is 6.26. The first-order valence-electron chi connectivity index (χ1n) is 7.83. The quantitative estimate of drug-likeness (QED) is 0.716. The molecule has 112 valence electrons. The van der Waals surface area contributed by atoms with E-state index in [0.29, 0.717) is 0 Å². The highest BCUT2D eigenvalue weighted by atomic mass is 35.5. The minimum absolute atomic E-state index is 0.817. The number of benzene rings is 2. The summed E-state index contributed by atoms with van der Waals surface area (Å²) in [7, 11) is 0. The predicted octanol–water partition coefficient (Wildman–Crippen LogP) is 5.46. The van der Waals surface area contributed by atoms with Crippen molar-refractivity contribution in [1.82, 2.24) is 5.32 Å². The Hall–Kier alpha value is -1.31. The van der Waals surface area contributed by atoms with Crippen molar-refractivity contribution in [3.05, 3.63) is 58.6 Å². The number of hydrogen-bond donors (Lipinski definition) is 1. The number of halogens is 1. The van der Waals surface area contributed by atoms with Gasteiger partial charge in [0, 0.05) is 11.6 Å². The van der Waals surface area contributed by atoms with Crippen LogP contribution in [0.3, 0.4) is 0 Å². The molecular weight excluding hydrogens is 278 g/mol. The molecule has 1 nitrogen and oxygen atoms in total. The van der Waals surface area contributed by atoms with Gasteiger partial charge in [-0.05, 0) is 53.8 Å². The van der Waals surface area contributed by atoms with Gasteiger partial charge in [-0.2, -0.15) is 0 Å². The van der Waals surface area contributed by atoms with Crippen LogP contribution in [0.15, 0.2) is 42.5 Å². The zero-order valence-corrected chi connectivity index (χ0v) is 13.7. The van der Waals surface area contributed by atoms with Crippen molar-refractivity contribution in [3.8, 4) is 11.1 Å². The van der Waals surface area contributed by atoms with E-state index >= 15 is 0 Å². The monoisotopic (exact) mass is 301 g/mol. The van der Waals surface area contributed by atoms with Gasteiger partial charge in [-0.1, -0.05) is 62.2 Å². The van der Waals surface area contributed by atoms with Crippen LogP contribution in [-0.4, -0.2) is 6.54 Å². The van der Waals surface area contributed by atoms with Crippen molar-refractivity contribution in [2.75, 3.05) is 6.54 Å². The lowest BCUT2D eigenvalue weighted by Crippen LogP contribution is -2.12. The second-order valence-electron chi connectivity index (χ2n) is 5.39. The summed E-state index contributed by atoms with van der Waals surface area (Å²) < 4.78 is 0. The highest BCUT2D eigenvalue weighted by Crippen LogP contribution is 2.25. The first-order chi connectivity index (χ1) is 10.2. The topological polar surface area (TPSA) is 12.0 Å². The Morgan fingerprint density at radius 1 is 0.952 bits per heavy atom. The van der Waals surface area contributed by atoms with Crippen molar-refractivity contribution in [1.29, 1.82) is 0 Å².